The van der Waals surface area contributed by atoms with Crippen LogP contribution in [0.15, 0.2) is 91.0 Å². The summed E-state index contributed by atoms with van der Waals surface area (Å²) >= 11 is 0. The maximum Gasteiger partial charge on any atom is 0.162 e. The van der Waals surface area contributed by atoms with Gasteiger partial charge in [0.1, 0.15) is 12.4 Å². The van der Waals surface area contributed by atoms with Gasteiger partial charge in [0.2, 0.25) is 0 Å². The molecule has 2 aliphatic heterocycles. The number of hydrogen-bond acceptors (Lipinski definition) is 4. The van der Waals surface area contributed by atoms with Crippen molar-refractivity contribution in [2.24, 2.45) is 0 Å². The van der Waals surface area contributed by atoms with E-state index < -0.39 is 0 Å². The maximum absolute atomic E-state index is 6.37. The van der Waals surface area contributed by atoms with Crippen molar-refractivity contribution in [2.75, 3.05) is 20.8 Å². The fourth-order valence-electron chi connectivity index (χ4n) is 6.63. The van der Waals surface area contributed by atoms with Gasteiger partial charge in [-0.15, -0.1) is 0 Å². The van der Waals surface area contributed by atoms with E-state index in [1.165, 1.54) is 38.9 Å². The van der Waals surface area contributed by atoms with Gasteiger partial charge >= 0.3 is 0 Å². The number of H-pyrrole nitrogens is 1. The maximum atomic E-state index is 6.37. The molecule has 0 saturated carbocycles. The molecule has 2 aliphatic rings. The van der Waals surface area contributed by atoms with Gasteiger partial charge in [0.15, 0.2) is 11.5 Å². The Kier molecular flexibility index (Phi) is 6.45. The number of aromatic nitrogens is 1. The van der Waals surface area contributed by atoms with Gasteiger partial charge in [-0.25, -0.2) is 0 Å². The molecule has 0 aliphatic carbocycles. The lowest BCUT2D eigenvalue weighted by Crippen LogP contribution is -2.43. The Morgan fingerprint density at radius 2 is 1.60 bits per heavy atom. The Morgan fingerprint density at radius 3 is 2.35 bits per heavy atom. The third-order valence-electron chi connectivity index (χ3n) is 8.61. The minimum Gasteiger partial charge on any atom is -0.497 e. The molecule has 2 unspecified atom stereocenters. The van der Waals surface area contributed by atoms with E-state index in [-0.39, 0.29) is 12.1 Å². The summed E-state index contributed by atoms with van der Waals surface area (Å²) in [4.78, 5) is 6.53. The molecule has 0 bridgehead atoms. The van der Waals surface area contributed by atoms with Gasteiger partial charge in [-0.1, -0.05) is 60.7 Å². The van der Waals surface area contributed by atoms with Gasteiger partial charge in [0.05, 0.1) is 20.3 Å². The lowest BCUT2D eigenvalue weighted by Gasteiger charge is -2.46. The van der Waals surface area contributed by atoms with Gasteiger partial charge in [0, 0.05) is 29.2 Å². The molecule has 5 aromatic rings. The van der Waals surface area contributed by atoms with Crippen molar-refractivity contribution in [2.45, 2.75) is 38.0 Å². The van der Waals surface area contributed by atoms with E-state index in [1.54, 1.807) is 14.2 Å². The summed E-state index contributed by atoms with van der Waals surface area (Å²) in [7, 11) is 3.47. The molecule has 0 amide bonds. The molecule has 3 heterocycles. The molecule has 0 saturated heterocycles. The minimum absolute atomic E-state index is 0.249. The van der Waals surface area contributed by atoms with E-state index in [9.17, 15) is 0 Å². The van der Waals surface area contributed by atoms with E-state index in [2.05, 4.69) is 76.6 Å². The largest absolute Gasteiger partial charge is 0.497 e. The number of ether oxygens (including phenoxy) is 3. The van der Waals surface area contributed by atoms with Crippen LogP contribution >= 0.6 is 0 Å². The third kappa shape index (κ3) is 4.40. The average Bonchev–Trinajstić information content (AvgIpc) is 3.38. The summed E-state index contributed by atoms with van der Waals surface area (Å²) in [5, 5.41) is 1.26. The SMILES string of the molecule is COc1ccc2[nH]c3c(c2c1)CC1c2cc(OCc4ccccc4)c(OC)cc2CCN1C3Cc1ccccc1. The second-order valence-corrected chi connectivity index (χ2v) is 10.8. The van der Waals surface area contributed by atoms with Crippen molar-refractivity contribution in [3.8, 4) is 17.2 Å². The van der Waals surface area contributed by atoms with Crippen LogP contribution in [0.25, 0.3) is 10.9 Å². The Hall–Kier alpha value is -4.22. The zero-order valence-corrected chi connectivity index (χ0v) is 23.0. The molecule has 0 radical (unpaired) electrons. The van der Waals surface area contributed by atoms with Crippen molar-refractivity contribution < 1.29 is 14.2 Å². The number of hydrogen-bond donors (Lipinski definition) is 1. The fourth-order valence-corrected chi connectivity index (χ4v) is 6.63. The van der Waals surface area contributed by atoms with Crippen LogP contribution in [0.3, 0.4) is 0 Å². The quantitative estimate of drug-likeness (QED) is 0.242. The molecular weight excluding hydrogens is 496 g/mol. The molecule has 5 heteroatoms. The first-order chi connectivity index (χ1) is 19.7. The van der Waals surface area contributed by atoms with Crippen molar-refractivity contribution in [1.29, 1.82) is 0 Å². The first-order valence-corrected chi connectivity index (χ1v) is 14.1. The van der Waals surface area contributed by atoms with E-state index in [0.29, 0.717) is 6.61 Å². The van der Waals surface area contributed by atoms with Crippen LogP contribution in [-0.4, -0.2) is 30.6 Å². The van der Waals surface area contributed by atoms with E-state index in [4.69, 9.17) is 14.2 Å². The van der Waals surface area contributed by atoms with Crippen LogP contribution in [0.5, 0.6) is 17.2 Å². The lowest BCUT2D eigenvalue weighted by molar-refractivity contribution is 0.104. The van der Waals surface area contributed by atoms with Crippen molar-refractivity contribution >= 4 is 10.9 Å². The van der Waals surface area contributed by atoms with Crippen molar-refractivity contribution in [1.82, 2.24) is 9.88 Å². The van der Waals surface area contributed by atoms with Crippen molar-refractivity contribution in [3.05, 3.63) is 125 Å². The van der Waals surface area contributed by atoms with Crippen LogP contribution in [-0.2, 0) is 25.9 Å². The van der Waals surface area contributed by atoms with E-state index in [1.807, 2.05) is 24.3 Å². The fraction of sp³-hybridized carbons (Fsp3) is 0.257. The number of nitrogens with one attached hydrogen (secondary N) is 1. The average molecular weight is 531 g/mol. The Labute approximate surface area is 235 Å². The summed E-state index contributed by atoms with van der Waals surface area (Å²) in [5.74, 6) is 2.50. The molecule has 4 aromatic carbocycles. The molecule has 40 heavy (non-hydrogen) atoms. The highest BCUT2D eigenvalue weighted by Crippen LogP contribution is 2.49. The number of fused-ring (bicyclic) bond motifs is 6. The topological polar surface area (TPSA) is 46.7 Å². The third-order valence-corrected chi connectivity index (χ3v) is 8.61. The zero-order chi connectivity index (χ0) is 27.1. The molecule has 0 fully saturated rings. The van der Waals surface area contributed by atoms with Crippen LogP contribution < -0.4 is 14.2 Å². The molecule has 202 valence electrons. The van der Waals surface area contributed by atoms with Crippen LogP contribution in [0.4, 0.5) is 0 Å². The van der Waals surface area contributed by atoms with Gasteiger partial charge in [-0.2, -0.15) is 0 Å². The zero-order valence-electron chi connectivity index (χ0n) is 23.0. The Morgan fingerprint density at radius 1 is 0.825 bits per heavy atom. The molecule has 7 rings (SSSR count). The lowest BCUT2D eigenvalue weighted by atomic mass is 9.81. The minimum atomic E-state index is 0.249. The molecule has 0 spiro atoms. The summed E-state index contributed by atoms with van der Waals surface area (Å²) in [6.45, 7) is 1.51. The molecule has 2 atom stereocenters. The number of aromatic amines is 1. The van der Waals surface area contributed by atoms with Crippen LogP contribution in [0, 0.1) is 0 Å². The predicted molar refractivity (Wildman–Crippen MR) is 158 cm³/mol. The van der Waals surface area contributed by atoms with Gasteiger partial charge in [0.25, 0.3) is 0 Å². The second-order valence-electron chi connectivity index (χ2n) is 10.8. The summed E-state index contributed by atoms with van der Waals surface area (Å²) in [6.07, 6.45) is 2.87. The summed E-state index contributed by atoms with van der Waals surface area (Å²) < 4.78 is 17.8. The highest BCUT2D eigenvalue weighted by Gasteiger charge is 2.40. The van der Waals surface area contributed by atoms with E-state index >= 15 is 0 Å². The Balaban J connectivity index is 1.31. The smallest absolute Gasteiger partial charge is 0.162 e. The number of methoxy groups -OCH3 is 2. The predicted octanol–water partition coefficient (Wildman–Crippen LogP) is 7.20. The monoisotopic (exact) mass is 530 g/mol. The number of rotatable bonds is 7. The van der Waals surface area contributed by atoms with Crippen LogP contribution in [0.1, 0.15) is 45.6 Å². The van der Waals surface area contributed by atoms with Crippen molar-refractivity contribution in [3.63, 3.8) is 0 Å². The normalized spacial score (nSPS) is 18.1. The van der Waals surface area contributed by atoms with Gasteiger partial charge < -0.3 is 19.2 Å². The molecular formula is C35H34N2O3. The summed E-state index contributed by atoms with van der Waals surface area (Å²) in [6, 6.07) is 32.5. The standard InChI is InChI=1S/C35H34N2O3/c1-38-26-13-14-30-28(19-26)29-20-31-27-21-34(40-22-24-11-7-4-8-12-24)33(39-2)18-25(27)15-16-37(31)32(35(29)36-30)17-23-9-5-3-6-10-23/h3-14,18-19,21,31-32,36H,15-17,20,22H2,1-2H3. The number of benzene rings is 4. The highest BCUT2D eigenvalue weighted by atomic mass is 16.5. The Bertz CT molecular complexity index is 1640. The summed E-state index contributed by atoms with van der Waals surface area (Å²) in [5.41, 5.74) is 9.09. The number of nitrogens with zero attached hydrogens (tertiary/aromatic N) is 1. The molecule has 1 aromatic heterocycles. The van der Waals surface area contributed by atoms with Gasteiger partial charge in [-0.05, 0) is 77.4 Å². The second kappa shape index (κ2) is 10.4. The van der Waals surface area contributed by atoms with Gasteiger partial charge in [-0.3, -0.25) is 4.90 Å². The first kappa shape index (κ1) is 24.8. The molecule has 5 nitrogen and oxygen atoms in total. The highest BCUT2D eigenvalue weighted by molar-refractivity contribution is 5.86. The first-order valence-electron chi connectivity index (χ1n) is 14.1. The molecule has 1 N–H and O–H groups in total. The van der Waals surface area contributed by atoms with Crippen LogP contribution in [0.2, 0.25) is 0 Å². The van der Waals surface area contributed by atoms with E-state index in [0.717, 1.165) is 48.6 Å².